The number of rotatable bonds is 7. The van der Waals surface area contributed by atoms with E-state index in [1.807, 2.05) is 61.5 Å². The van der Waals surface area contributed by atoms with Crippen molar-refractivity contribution in [1.82, 2.24) is 5.32 Å². The molecule has 0 spiro atoms. The summed E-state index contributed by atoms with van der Waals surface area (Å²) in [4.78, 5) is 23.3. The van der Waals surface area contributed by atoms with E-state index in [9.17, 15) is 14.7 Å². The lowest BCUT2D eigenvalue weighted by atomic mass is 9.94. The van der Waals surface area contributed by atoms with Gasteiger partial charge in [0, 0.05) is 18.4 Å². The van der Waals surface area contributed by atoms with Gasteiger partial charge in [0.15, 0.2) is 0 Å². The molecule has 0 saturated carbocycles. The molecule has 0 unspecified atom stereocenters. The van der Waals surface area contributed by atoms with Crippen molar-refractivity contribution in [1.29, 1.82) is 0 Å². The fourth-order valence-corrected chi connectivity index (χ4v) is 2.40. The Morgan fingerprint density at radius 1 is 1.00 bits per heavy atom. The van der Waals surface area contributed by atoms with Crippen molar-refractivity contribution in [2.45, 2.75) is 26.3 Å². The van der Waals surface area contributed by atoms with E-state index in [0.717, 1.165) is 16.7 Å². The summed E-state index contributed by atoms with van der Waals surface area (Å²) in [5, 5.41) is 13.7. The largest absolute Gasteiger partial charge is 0.550 e. The second-order valence-electron chi connectivity index (χ2n) is 5.67. The van der Waals surface area contributed by atoms with Crippen LogP contribution in [0.5, 0.6) is 0 Å². The van der Waals surface area contributed by atoms with Crippen LogP contribution in [0.2, 0.25) is 0 Å². The molecule has 0 aliphatic heterocycles. The molecule has 4 heteroatoms. The molecule has 120 valence electrons. The molecule has 2 aromatic rings. The molecule has 1 atom stereocenters. The first kappa shape index (κ1) is 16.7. The molecule has 0 radical (unpaired) electrons. The van der Waals surface area contributed by atoms with Crippen LogP contribution in [0.3, 0.4) is 0 Å². The minimum Gasteiger partial charge on any atom is -0.550 e. The Bertz CT molecular complexity index is 650. The number of aliphatic carboxylic acids is 1. The number of carbonyl (C=O) groups is 2. The van der Waals surface area contributed by atoms with Gasteiger partial charge in [-0.1, -0.05) is 60.2 Å². The number of aryl methyl sites for hydroxylation is 1. The molecule has 4 nitrogen and oxygen atoms in total. The minimum absolute atomic E-state index is 0.265. The Labute approximate surface area is 136 Å². The van der Waals surface area contributed by atoms with E-state index in [4.69, 9.17) is 0 Å². The maximum Gasteiger partial charge on any atom is 0.224 e. The lowest BCUT2D eigenvalue weighted by molar-refractivity contribution is -0.306. The first-order chi connectivity index (χ1) is 11.0. The Kier molecular flexibility index (Phi) is 5.92. The van der Waals surface area contributed by atoms with Gasteiger partial charge in [-0.25, -0.2) is 0 Å². The summed E-state index contributed by atoms with van der Waals surface area (Å²) in [6, 6.07) is 17.3. The van der Waals surface area contributed by atoms with Gasteiger partial charge in [-0.05, 0) is 30.9 Å². The summed E-state index contributed by atoms with van der Waals surface area (Å²) in [5.74, 6) is -2.11. The number of benzene rings is 2. The predicted octanol–water partition coefficient (Wildman–Crippen LogP) is 1.61. The van der Waals surface area contributed by atoms with Crippen molar-refractivity contribution >= 4 is 11.9 Å². The smallest absolute Gasteiger partial charge is 0.224 e. The lowest BCUT2D eigenvalue weighted by Gasteiger charge is -2.17. The van der Waals surface area contributed by atoms with Crippen LogP contribution in [0.25, 0.3) is 0 Å². The Balaban J connectivity index is 2.00. The van der Waals surface area contributed by atoms with Crippen molar-refractivity contribution in [2.75, 3.05) is 0 Å². The van der Waals surface area contributed by atoms with Crippen molar-refractivity contribution in [3.05, 3.63) is 71.3 Å². The number of nitrogens with one attached hydrogen (secondary N) is 1. The highest BCUT2D eigenvalue weighted by molar-refractivity contribution is 5.83. The van der Waals surface area contributed by atoms with E-state index >= 15 is 0 Å². The van der Waals surface area contributed by atoms with E-state index in [1.165, 1.54) is 0 Å². The Hall–Kier alpha value is -2.62. The molecule has 2 rings (SSSR count). The van der Waals surface area contributed by atoms with E-state index in [1.54, 1.807) is 0 Å². The highest BCUT2D eigenvalue weighted by Crippen LogP contribution is 2.14. The zero-order valence-electron chi connectivity index (χ0n) is 13.1. The van der Waals surface area contributed by atoms with Crippen LogP contribution in [0.15, 0.2) is 54.6 Å². The number of hydrogen-bond donors (Lipinski definition) is 1. The van der Waals surface area contributed by atoms with Crippen LogP contribution in [-0.4, -0.2) is 11.9 Å². The molecule has 1 N–H and O–H groups in total. The molecular formula is C19H20NO3-. The molecule has 0 saturated heterocycles. The van der Waals surface area contributed by atoms with Gasteiger partial charge in [0.05, 0.1) is 0 Å². The summed E-state index contributed by atoms with van der Waals surface area (Å²) in [6.07, 6.45) is 0.101. The summed E-state index contributed by atoms with van der Waals surface area (Å²) in [5.41, 5.74) is 3.04. The molecule has 0 aliphatic rings. The zero-order chi connectivity index (χ0) is 16.7. The van der Waals surface area contributed by atoms with Gasteiger partial charge >= 0.3 is 0 Å². The van der Waals surface area contributed by atoms with Crippen LogP contribution in [0.4, 0.5) is 0 Å². The molecule has 0 bridgehead atoms. The fourth-order valence-electron chi connectivity index (χ4n) is 2.40. The summed E-state index contributed by atoms with van der Waals surface area (Å²) in [7, 11) is 0. The maximum atomic E-state index is 12.3. The summed E-state index contributed by atoms with van der Waals surface area (Å²) < 4.78 is 0. The van der Waals surface area contributed by atoms with Crippen molar-refractivity contribution in [3.8, 4) is 0 Å². The molecule has 23 heavy (non-hydrogen) atoms. The molecule has 1 amide bonds. The highest BCUT2D eigenvalue weighted by Gasteiger charge is 2.19. The normalized spacial score (nSPS) is 11.7. The van der Waals surface area contributed by atoms with Gasteiger partial charge < -0.3 is 15.2 Å². The maximum absolute atomic E-state index is 12.3. The Morgan fingerprint density at radius 2 is 1.65 bits per heavy atom. The average Bonchev–Trinajstić information content (AvgIpc) is 2.54. The van der Waals surface area contributed by atoms with Crippen molar-refractivity contribution in [3.63, 3.8) is 0 Å². The standard InChI is InChI=1S/C19H21NO3/c1-14-7-9-15(10-8-14)11-17(12-18(21)22)19(23)20-13-16-5-3-2-4-6-16/h2-10,17H,11-13H2,1H3,(H,20,23)(H,21,22)/p-1/t17-/m0/s1. The van der Waals surface area contributed by atoms with Gasteiger partial charge in [0.2, 0.25) is 5.91 Å². The SMILES string of the molecule is Cc1ccc(C[C@@H](CC(=O)[O-])C(=O)NCc2ccccc2)cc1. The number of amides is 1. The first-order valence-electron chi connectivity index (χ1n) is 7.61. The van der Waals surface area contributed by atoms with Gasteiger partial charge in [-0.2, -0.15) is 0 Å². The third-order valence-corrected chi connectivity index (χ3v) is 3.70. The molecule has 0 fully saturated rings. The average molecular weight is 310 g/mol. The fraction of sp³-hybridized carbons (Fsp3) is 0.263. The van der Waals surface area contributed by atoms with Crippen LogP contribution in [0.1, 0.15) is 23.1 Å². The highest BCUT2D eigenvalue weighted by atomic mass is 16.4. The zero-order valence-corrected chi connectivity index (χ0v) is 13.1. The number of carboxylic acids is 1. The number of carbonyl (C=O) groups excluding carboxylic acids is 2. The summed E-state index contributed by atoms with van der Waals surface area (Å²) >= 11 is 0. The Morgan fingerprint density at radius 3 is 2.26 bits per heavy atom. The number of carboxylic acid groups (broad SMARTS) is 1. The van der Waals surface area contributed by atoms with Gasteiger partial charge in [0.25, 0.3) is 0 Å². The third kappa shape index (κ3) is 5.58. The van der Waals surface area contributed by atoms with E-state index in [-0.39, 0.29) is 12.3 Å². The van der Waals surface area contributed by atoms with Gasteiger partial charge in [-0.3, -0.25) is 4.79 Å². The van der Waals surface area contributed by atoms with Gasteiger partial charge in [0.1, 0.15) is 0 Å². The van der Waals surface area contributed by atoms with Crippen LogP contribution in [-0.2, 0) is 22.6 Å². The van der Waals surface area contributed by atoms with E-state index < -0.39 is 11.9 Å². The first-order valence-corrected chi connectivity index (χ1v) is 7.61. The topological polar surface area (TPSA) is 69.2 Å². The van der Waals surface area contributed by atoms with Crippen LogP contribution < -0.4 is 10.4 Å². The molecule has 2 aromatic carbocycles. The van der Waals surface area contributed by atoms with Crippen molar-refractivity contribution < 1.29 is 14.7 Å². The van der Waals surface area contributed by atoms with E-state index in [0.29, 0.717) is 13.0 Å². The lowest BCUT2D eigenvalue weighted by Crippen LogP contribution is -2.36. The monoisotopic (exact) mass is 310 g/mol. The van der Waals surface area contributed by atoms with Crippen LogP contribution in [0, 0.1) is 12.8 Å². The summed E-state index contributed by atoms with van der Waals surface area (Å²) in [6.45, 7) is 2.37. The van der Waals surface area contributed by atoms with Crippen molar-refractivity contribution in [2.24, 2.45) is 5.92 Å². The molecule has 0 aliphatic carbocycles. The van der Waals surface area contributed by atoms with Gasteiger partial charge in [-0.15, -0.1) is 0 Å². The molecule has 0 aromatic heterocycles. The quantitative estimate of drug-likeness (QED) is 0.844. The van der Waals surface area contributed by atoms with Crippen LogP contribution >= 0.6 is 0 Å². The minimum atomic E-state index is -1.21. The van der Waals surface area contributed by atoms with E-state index in [2.05, 4.69) is 5.32 Å². The second-order valence-corrected chi connectivity index (χ2v) is 5.67. The molecular weight excluding hydrogens is 290 g/mol. The number of hydrogen-bond acceptors (Lipinski definition) is 3. The second kappa shape index (κ2) is 8.13. The third-order valence-electron chi connectivity index (χ3n) is 3.70. The predicted molar refractivity (Wildman–Crippen MR) is 86.3 cm³/mol. The molecule has 0 heterocycles.